The molecule has 6 nitrogen and oxygen atoms in total. The normalized spacial score (nSPS) is 14.3. The van der Waals surface area contributed by atoms with Crippen molar-refractivity contribution in [2.45, 2.75) is 13.8 Å². The number of aryl methyl sites for hydroxylation is 2. The molecule has 2 rings (SSSR count). The summed E-state index contributed by atoms with van der Waals surface area (Å²) in [7, 11) is 1.62. The van der Waals surface area contributed by atoms with E-state index >= 15 is 0 Å². The number of piperazine rings is 1. The van der Waals surface area contributed by atoms with Gasteiger partial charge in [0.05, 0.1) is 19.3 Å². The number of carbonyl (C=O) groups excluding carboxylic acids is 2. The van der Waals surface area contributed by atoms with E-state index in [1.165, 1.54) is 6.08 Å². The summed E-state index contributed by atoms with van der Waals surface area (Å²) in [6, 6.07) is 3.95. The summed E-state index contributed by atoms with van der Waals surface area (Å²) in [4.78, 5) is 27.4. The molecule has 0 atom stereocenters. The minimum absolute atomic E-state index is 0.0148. The Morgan fingerprint density at radius 1 is 1.17 bits per heavy atom. The number of methoxy groups -OCH3 is 1. The zero-order valence-electron chi connectivity index (χ0n) is 14.6. The van der Waals surface area contributed by atoms with Crippen molar-refractivity contribution in [1.29, 1.82) is 0 Å². The van der Waals surface area contributed by atoms with Crippen LogP contribution < -0.4 is 10.1 Å². The molecule has 1 aliphatic heterocycles. The molecular formula is C18H25N3O3. The zero-order valence-corrected chi connectivity index (χ0v) is 14.6. The predicted molar refractivity (Wildman–Crippen MR) is 94.3 cm³/mol. The van der Waals surface area contributed by atoms with Crippen LogP contribution in [0.3, 0.4) is 0 Å². The highest BCUT2D eigenvalue weighted by atomic mass is 16.5. The van der Waals surface area contributed by atoms with Gasteiger partial charge >= 0.3 is 0 Å². The molecule has 0 aliphatic carbocycles. The van der Waals surface area contributed by atoms with Crippen LogP contribution in [-0.4, -0.2) is 61.4 Å². The number of carbonyl (C=O) groups is 2. The van der Waals surface area contributed by atoms with Crippen molar-refractivity contribution < 1.29 is 14.3 Å². The van der Waals surface area contributed by atoms with Crippen LogP contribution in [0.5, 0.6) is 5.75 Å². The molecule has 1 aromatic carbocycles. The van der Waals surface area contributed by atoms with Gasteiger partial charge in [0.2, 0.25) is 11.8 Å². The van der Waals surface area contributed by atoms with E-state index in [1.807, 2.05) is 26.0 Å². The Kier molecular flexibility index (Phi) is 5.84. The fourth-order valence-corrected chi connectivity index (χ4v) is 2.68. The van der Waals surface area contributed by atoms with Gasteiger partial charge in [0.1, 0.15) is 5.75 Å². The number of nitrogens with zero attached hydrogens (tertiary/aromatic N) is 2. The molecule has 0 unspecified atom stereocenters. The van der Waals surface area contributed by atoms with E-state index in [4.69, 9.17) is 4.74 Å². The van der Waals surface area contributed by atoms with Crippen LogP contribution in [0, 0.1) is 13.8 Å². The molecule has 2 amide bonds. The molecule has 1 saturated heterocycles. The maximum atomic E-state index is 12.4. The lowest BCUT2D eigenvalue weighted by atomic mass is 10.1. The quantitative estimate of drug-likeness (QED) is 0.832. The van der Waals surface area contributed by atoms with Crippen molar-refractivity contribution in [3.05, 3.63) is 35.9 Å². The summed E-state index contributed by atoms with van der Waals surface area (Å²) in [5, 5.41) is 3.16. The standard InChI is InChI=1S/C18H25N3O3/c1-5-17(22)20-6-8-21(9-7-20)18(23)12-19-15-10-13(2)14(3)11-16(15)24-4/h5,10-11,19H,1,6-9,12H2,2-4H3. The van der Waals surface area contributed by atoms with Crippen LogP contribution in [0.2, 0.25) is 0 Å². The fourth-order valence-electron chi connectivity index (χ4n) is 2.68. The van der Waals surface area contributed by atoms with E-state index in [2.05, 4.69) is 11.9 Å². The van der Waals surface area contributed by atoms with Crippen molar-refractivity contribution in [1.82, 2.24) is 9.80 Å². The van der Waals surface area contributed by atoms with E-state index < -0.39 is 0 Å². The maximum Gasteiger partial charge on any atom is 0.246 e. The number of nitrogens with one attached hydrogen (secondary N) is 1. The first-order chi connectivity index (χ1) is 11.5. The monoisotopic (exact) mass is 331 g/mol. The van der Waals surface area contributed by atoms with Crippen molar-refractivity contribution in [3.8, 4) is 5.75 Å². The SMILES string of the molecule is C=CC(=O)N1CCN(C(=O)CNc2cc(C)c(C)cc2OC)CC1. The summed E-state index contributed by atoms with van der Waals surface area (Å²) in [6.07, 6.45) is 1.31. The highest BCUT2D eigenvalue weighted by Crippen LogP contribution is 2.27. The van der Waals surface area contributed by atoms with E-state index in [1.54, 1.807) is 16.9 Å². The highest BCUT2D eigenvalue weighted by molar-refractivity contribution is 5.87. The minimum Gasteiger partial charge on any atom is -0.495 e. The number of rotatable bonds is 5. The van der Waals surface area contributed by atoms with E-state index in [0.29, 0.717) is 26.2 Å². The summed E-state index contributed by atoms with van der Waals surface area (Å²) in [5.41, 5.74) is 3.10. The lowest BCUT2D eigenvalue weighted by Gasteiger charge is -2.34. The maximum absolute atomic E-state index is 12.4. The first-order valence-corrected chi connectivity index (χ1v) is 8.04. The molecule has 0 bridgehead atoms. The van der Waals surface area contributed by atoms with Crippen molar-refractivity contribution in [2.75, 3.05) is 45.2 Å². The smallest absolute Gasteiger partial charge is 0.246 e. The van der Waals surface area contributed by atoms with Gasteiger partial charge in [-0.15, -0.1) is 0 Å². The second-order valence-corrected chi connectivity index (χ2v) is 5.90. The van der Waals surface area contributed by atoms with Crippen LogP contribution in [-0.2, 0) is 9.59 Å². The Balaban J connectivity index is 1.91. The predicted octanol–water partition coefficient (Wildman–Crippen LogP) is 1.58. The van der Waals surface area contributed by atoms with Crippen LogP contribution in [0.15, 0.2) is 24.8 Å². The Labute approximate surface area is 143 Å². The van der Waals surface area contributed by atoms with Crippen LogP contribution >= 0.6 is 0 Å². The van der Waals surface area contributed by atoms with Gasteiger partial charge in [-0.05, 0) is 43.2 Å². The molecular weight excluding hydrogens is 306 g/mol. The summed E-state index contributed by atoms with van der Waals surface area (Å²) in [6.45, 7) is 9.92. The second kappa shape index (κ2) is 7.86. The Morgan fingerprint density at radius 3 is 2.33 bits per heavy atom. The fraction of sp³-hybridized carbons (Fsp3) is 0.444. The minimum atomic E-state index is -0.0832. The third-order valence-electron chi connectivity index (χ3n) is 4.36. The van der Waals surface area contributed by atoms with Gasteiger partial charge < -0.3 is 19.9 Å². The number of ether oxygens (including phenoxy) is 1. The van der Waals surface area contributed by atoms with Gasteiger partial charge in [-0.25, -0.2) is 0 Å². The molecule has 1 heterocycles. The summed E-state index contributed by atoms with van der Waals surface area (Å²) >= 11 is 0. The van der Waals surface area contributed by atoms with E-state index in [0.717, 1.165) is 22.6 Å². The lowest BCUT2D eigenvalue weighted by molar-refractivity contribution is -0.135. The number of amides is 2. The molecule has 0 spiro atoms. The first kappa shape index (κ1) is 17.8. The summed E-state index contributed by atoms with van der Waals surface area (Å²) < 4.78 is 5.37. The van der Waals surface area contributed by atoms with Crippen LogP contribution in [0.4, 0.5) is 5.69 Å². The largest absolute Gasteiger partial charge is 0.495 e. The number of benzene rings is 1. The van der Waals surface area contributed by atoms with Gasteiger partial charge in [-0.3, -0.25) is 9.59 Å². The molecule has 24 heavy (non-hydrogen) atoms. The second-order valence-electron chi connectivity index (χ2n) is 5.90. The molecule has 1 N–H and O–H groups in total. The Morgan fingerprint density at radius 2 is 1.75 bits per heavy atom. The molecule has 1 aliphatic rings. The average molecular weight is 331 g/mol. The van der Waals surface area contributed by atoms with Crippen LogP contribution in [0.25, 0.3) is 0 Å². The van der Waals surface area contributed by atoms with Gasteiger partial charge in [-0.1, -0.05) is 6.58 Å². The number of anilines is 1. The lowest BCUT2D eigenvalue weighted by Crippen LogP contribution is -2.51. The molecule has 0 radical (unpaired) electrons. The summed E-state index contributed by atoms with van der Waals surface area (Å²) in [5.74, 6) is 0.661. The third-order valence-corrected chi connectivity index (χ3v) is 4.36. The van der Waals surface area contributed by atoms with E-state index in [9.17, 15) is 9.59 Å². The van der Waals surface area contributed by atoms with Gasteiger partial charge in [0, 0.05) is 26.2 Å². The molecule has 0 saturated carbocycles. The number of hydrogen-bond donors (Lipinski definition) is 1. The van der Waals surface area contributed by atoms with Gasteiger partial charge in [-0.2, -0.15) is 0 Å². The number of hydrogen-bond acceptors (Lipinski definition) is 4. The Bertz CT molecular complexity index is 635. The van der Waals surface area contributed by atoms with Crippen molar-refractivity contribution in [3.63, 3.8) is 0 Å². The molecule has 1 fully saturated rings. The van der Waals surface area contributed by atoms with Gasteiger partial charge in [0.15, 0.2) is 0 Å². The van der Waals surface area contributed by atoms with Crippen molar-refractivity contribution in [2.24, 2.45) is 0 Å². The first-order valence-electron chi connectivity index (χ1n) is 8.04. The average Bonchev–Trinajstić information content (AvgIpc) is 2.61. The zero-order chi connectivity index (χ0) is 17.7. The highest BCUT2D eigenvalue weighted by Gasteiger charge is 2.22. The molecule has 1 aromatic rings. The molecule has 0 aromatic heterocycles. The van der Waals surface area contributed by atoms with Crippen molar-refractivity contribution >= 4 is 17.5 Å². The third kappa shape index (κ3) is 4.07. The van der Waals surface area contributed by atoms with E-state index in [-0.39, 0.29) is 18.4 Å². The molecule has 6 heteroatoms. The topological polar surface area (TPSA) is 61.9 Å². The van der Waals surface area contributed by atoms with Gasteiger partial charge in [0.25, 0.3) is 0 Å². The Hall–Kier alpha value is -2.50. The van der Waals surface area contributed by atoms with Crippen LogP contribution in [0.1, 0.15) is 11.1 Å². The molecule has 130 valence electrons.